The molecular formula is C18H27N3O8. The molecule has 0 aliphatic carbocycles. The summed E-state index contributed by atoms with van der Waals surface area (Å²) in [6, 6.07) is 4.69. The molecule has 1 unspecified atom stereocenters. The number of hydrogen-bond acceptors (Lipinski definition) is 8. The summed E-state index contributed by atoms with van der Waals surface area (Å²) in [7, 11) is 3.03. The van der Waals surface area contributed by atoms with Gasteiger partial charge < -0.3 is 19.1 Å². The van der Waals surface area contributed by atoms with Crippen LogP contribution < -0.4 is 5.48 Å². The van der Waals surface area contributed by atoms with Crippen LogP contribution in [0.3, 0.4) is 0 Å². The van der Waals surface area contributed by atoms with Crippen molar-refractivity contribution < 1.29 is 33.9 Å². The predicted molar refractivity (Wildman–Crippen MR) is 101 cm³/mol. The van der Waals surface area contributed by atoms with Crippen molar-refractivity contribution in [2.75, 3.05) is 27.6 Å². The highest BCUT2D eigenvalue weighted by molar-refractivity contribution is 5.94. The second-order valence-electron chi connectivity index (χ2n) is 6.45. The Kier molecular flexibility index (Phi) is 10.2. The highest BCUT2D eigenvalue weighted by Gasteiger charge is 2.26. The molecule has 29 heavy (non-hydrogen) atoms. The number of likely N-dealkylation sites (N-methyl/N-ethyl adjacent to an activating group) is 1. The normalized spacial score (nSPS) is 14.0. The Morgan fingerprint density at radius 2 is 1.90 bits per heavy atom. The van der Waals surface area contributed by atoms with Gasteiger partial charge in [-0.15, -0.1) is 0 Å². The van der Waals surface area contributed by atoms with Gasteiger partial charge in [0, 0.05) is 37.8 Å². The number of hydroxylamine groups is 1. The van der Waals surface area contributed by atoms with Crippen LogP contribution in [0.2, 0.25) is 0 Å². The summed E-state index contributed by atoms with van der Waals surface area (Å²) in [5.41, 5.74) is 1.72. The van der Waals surface area contributed by atoms with E-state index in [0.717, 1.165) is 0 Å². The third-order valence-electron chi connectivity index (χ3n) is 4.40. The zero-order chi connectivity index (χ0) is 22.0. The Balaban J connectivity index is 2.85. The zero-order valence-electron chi connectivity index (χ0n) is 16.9. The van der Waals surface area contributed by atoms with Crippen molar-refractivity contribution in [2.24, 2.45) is 5.92 Å². The van der Waals surface area contributed by atoms with Crippen LogP contribution in [0.25, 0.3) is 0 Å². The molecule has 162 valence electrons. The number of nitro groups is 1. The number of benzene rings is 1. The van der Waals surface area contributed by atoms with Gasteiger partial charge in [-0.1, -0.05) is 6.92 Å². The number of carbonyl (C=O) groups excluding carboxylic acids is 2. The third-order valence-corrected chi connectivity index (χ3v) is 4.40. The van der Waals surface area contributed by atoms with Crippen LogP contribution >= 0.6 is 0 Å². The monoisotopic (exact) mass is 413 g/mol. The van der Waals surface area contributed by atoms with E-state index in [4.69, 9.17) is 19.4 Å². The van der Waals surface area contributed by atoms with Crippen molar-refractivity contribution in [1.82, 2.24) is 10.4 Å². The fraction of sp³-hybridized carbons (Fsp3) is 0.556. The molecule has 0 fully saturated rings. The lowest BCUT2D eigenvalue weighted by Crippen LogP contribution is -2.43. The average molecular weight is 413 g/mol. The van der Waals surface area contributed by atoms with Crippen molar-refractivity contribution in [2.45, 2.75) is 32.6 Å². The van der Waals surface area contributed by atoms with Crippen LogP contribution in [0.5, 0.6) is 0 Å². The number of nitrogens with one attached hydrogen (secondary N) is 1. The van der Waals surface area contributed by atoms with Crippen LogP contribution in [0, 0.1) is 16.0 Å². The molecule has 0 bridgehead atoms. The first-order chi connectivity index (χ1) is 13.7. The van der Waals surface area contributed by atoms with Crippen molar-refractivity contribution >= 4 is 17.5 Å². The lowest BCUT2D eigenvalue weighted by molar-refractivity contribution is -0.384. The molecule has 1 aromatic carbocycles. The van der Waals surface area contributed by atoms with Crippen LogP contribution in [0.1, 0.15) is 30.6 Å². The second kappa shape index (κ2) is 12.1. The number of ether oxygens (including phenoxy) is 3. The number of rotatable bonds is 12. The highest BCUT2D eigenvalue weighted by atomic mass is 16.7. The Morgan fingerprint density at radius 1 is 1.28 bits per heavy atom. The molecule has 2 N–H and O–H groups in total. The van der Waals surface area contributed by atoms with E-state index in [9.17, 15) is 19.7 Å². The quantitative estimate of drug-likeness (QED) is 0.173. The Morgan fingerprint density at radius 3 is 2.41 bits per heavy atom. The van der Waals surface area contributed by atoms with Gasteiger partial charge in [0.25, 0.3) is 11.6 Å². The van der Waals surface area contributed by atoms with E-state index >= 15 is 0 Å². The van der Waals surface area contributed by atoms with Crippen LogP contribution in [0.4, 0.5) is 5.69 Å². The van der Waals surface area contributed by atoms with Gasteiger partial charge in [0.2, 0.25) is 5.91 Å². The topological polar surface area (TPSA) is 140 Å². The summed E-state index contributed by atoms with van der Waals surface area (Å²) in [5, 5.41) is 19.6. The first-order valence-electron chi connectivity index (χ1n) is 8.88. The number of nitro benzene ring substituents is 1. The van der Waals surface area contributed by atoms with Gasteiger partial charge in [0.15, 0.2) is 6.29 Å². The van der Waals surface area contributed by atoms with Crippen molar-refractivity contribution in [3.8, 4) is 0 Å². The SMILES string of the molecule is COC(C)OCOC[C@H](C[C@H](C)C(=O)NO)N(C)C(=O)c1ccc([N+](=O)[O-])cc1. The number of carbonyl (C=O) groups is 2. The number of amides is 2. The molecule has 11 heteroatoms. The number of nitrogens with zero attached hydrogens (tertiary/aromatic N) is 2. The van der Waals surface area contributed by atoms with Crippen molar-refractivity contribution in [3.05, 3.63) is 39.9 Å². The van der Waals surface area contributed by atoms with E-state index in [1.165, 1.54) is 36.3 Å². The van der Waals surface area contributed by atoms with Gasteiger partial charge in [-0.2, -0.15) is 0 Å². The molecule has 0 aliphatic heterocycles. The molecule has 0 saturated heterocycles. The molecule has 0 aliphatic rings. The summed E-state index contributed by atoms with van der Waals surface area (Å²) >= 11 is 0. The van der Waals surface area contributed by atoms with Crippen LogP contribution in [-0.2, 0) is 19.0 Å². The maximum atomic E-state index is 12.8. The van der Waals surface area contributed by atoms with E-state index in [1.54, 1.807) is 26.4 Å². The van der Waals surface area contributed by atoms with Gasteiger partial charge in [-0.05, 0) is 25.5 Å². The van der Waals surface area contributed by atoms with E-state index in [-0.39, 0.29) is 31.1 Å². The summed E-state index contributed by atoms with van der Waals surface area (Å²) in [4.78, 5) is 36.0. The van der Waals surface area contributed by atoms with E-state index in [1.807, 2.05) is 0 Å². The molecule has 11 nitrogen and oxygen atoms in total. The van der Waals surface area contributed by atoms with E-state index < -0.39 is 35.0 Å². The van der Waals surface area contributed by atoms with Crippen molar-refractivity contribution in [3.63, 3.8) is 0 Å². The minimum absolute atomic E-state index is 0.0642. The molecule has 0 aromatic heterocycles. The minimum Gasteiger partial charge on any atom is -0.356 e. The smallest absolute Gasteiger partial charge is 0.269 e. The lowest BCUT2D eigenvalue weighted by atomic mass is 10.00. The summed E-state index contributed by atoms with van der Waals surface area (Å²) in [6.45, 7) is 3.28. The Labute approximate surface area is 168 Å². The second-order valence-corrected chi connectivity index (χ2v) is 6.45. The average Bonchev–Trinajstić information content (AvgIpc) is 2.73. The molecule has 0 heterocycles. The van der Waals surface area contributed by atoms with Crippen LogP contribution in [0.15, 0.2) is 24.3 Å². The van der Waals surface area contributed by atoms with Gasteiger partial charge in [0.1, 0.15) is 6.79 Å². The fourth-order valence-electron chi connectivity index (χ4n) is 2.45. The maximum Gasteiger partial charge on any atom is 0.269 e. The maximum absolute atomic E-state index is 12.8. The van der Waals surface area contributed by atoms with Crippen molar-refractivity contribution in [1.29, 1.82) is 0 Å². The van der Waals surface area contributed by atoms with Gasteiger partial charge in [-0.25, -0.2) is 5.48 Å². The molecular weight excluding hydrogens is 386 g/mol. The first kappa shape index (κ1) is 24.4. The number of non-ortho nitro benzene ring substituents is 1. The predicted octanol–water partition coefficient (Wildman–Crippen LogP) is 1.55. The number of methoxy groups -OCH3 is 1. The van der Waals surface area contributed by atoms with E-state index in [0.29, 0.717) is 0 Å². The van der Waals surface area contributed by atoms with Gasteiger partial charge in [-0.3, -0.25) is 24.9 Å². The first-order valence-corrected chi connectivity index (χ1v) is 8.88. The van der Waals surface area contributed by atoms with E-state index in [2.05, 4.69) is 0 Å². The third kappa shape index (κ3) is 7.74. The molecule has 0 spiro atoms. The molecule has 0 saturated carbocycles. The molecule has 0 radical (unpaired) electrons. The molecule has 1 aromatic rings. The lowest BCUT2D eigenvalue weighted by Gasteiger charge is -2.30. The van der Waals surface area contributed by atoms with Gasteiger partial charge >= 0.3 is 0 Å². The standard InChI is InChI=1S/C18H27N3O8/c1-12(17(22)19-24)9-16(10-28-11-29-13(2)27-4)20(3)18(23)14-5-7-15(8-6-14)21(25)26/h5-8,12-13,16,24H,9-11H2,1-4H3,(H,19,22)/t12-,13?,16-/m0/s1. The van der Waals surface area contributed by atoms with Gasteiger partial charge in [0.05, 0.1) is 17.6 Å². The highest BCUT2D eigenvalue weighted by Crippen LogP contribution is 2.17. The molecule has 1 rings (SSSR count). The zero-order valence-corrected chi connectivity index (χ0v) is 16.9. The molecule has 3 atom stereocenters. The summed E-state index contributed by atoms with van der Waals surface area (Å²) < 4.78 is 15.6. The largest absolute Gasteiger partial charge is 0.356 e. The molecule has 2 amide bonds. The summed E-state index contributed by atoms with van der Waals surface area (Å²) in [6.07, 6.45) is -0.256. The number of hydrogen-bond donors (Lipinski definition) is 2. The fourth-order valence-corrected chi connectivity index (χ4v) is 2.45. The van der Waals surface area contributed by atoms with Crippen LogP contribution in [-0.4, -0.2) is 66.7 Å². The minimum atomic E-state index is -0.598. The Hall–Kier alpha value is -2.60. The Bertz CT molecular complexity index is 682. The summed E-state index contributed by atoms with van der Waals surface area (Å²) in [5.74, 6) is -1.58.